The van der Waals surface area contributed by atoms with Crippen molar-refractivity contribution in [3.8, 4) is 16.9 Å². The molecule has 0 atom stereocenters. The number of hydrogen-bond acceptors (Lipinski definition) is 7. The number of pyridine rings is 1. The Hall–Kier alpha value is -3.22. The molecular weight excluding hydrogens is 346 g/mol. The maximum atomic E-state index is 12.2. The van der Waals surface area contributed by atoms with Crippen molar-refractivity contribution in [1.82, 2.24) is 4.98 Å². The van der Waals surface area contributed by atoms with Crippen LogP contribution in [0.5, 0.6) is 5.75 Å². The molecule has 0 amide bonds. The first-order valence-corrected chi connectivity index (χ1v) is 8.59. The summed E-state index contributed by atoms with van der Waals surface area (Å²) in [6.45, 7) is 4.84. The van der Waals surface area contributed by atoms with E-state index in [1.54, 1.807) is 13.8 Å². The topological polar surface area (TPSA) is 101 Å². The normalized spacial score (nSPS) is 12.4. The second-order valence-electron chi connectivity index (χ2n) is 6.27. The Morgan fingerprint density at radius 1 is 1.37 bits per heavy atom. The highest BCUT2D eigenvalue weighted by atomic mass is 16.5. The van der Waals surface area contributed by atoms with Gasteiger partial charge in [-0.3, -0.25) is 9.59 Å². The van der Waals surface area contributed by atoms with Gasteiger partial charge in [0.2, 0.25) is 5.78 Å². The van der Waals surface area contributed by atoms with E-state index < -0.39 is 5.78 Å². The average molecular weight is 367 g/mol. The molecule has 2 N–H and O–H groups in total. The predicted octanol–water partition coefficient (Wildman–Crippen LogP) is 2.72. The van der Waals surface area contributed by atoms with Crippen molar-refractivity contribution in [2.45, 2.75) is 20.3 Å². The number of carbonyl (C=O) groups is 2. The fourth-order valence-electron chi connectivity index (χ4n) is 3.27. The lowest BCUT2D eigenvalue weighted by Gasteiger charge is -2.22. The highest BCUT2D eigenvalue weighted by Gasteiger charge is 2.22. The van der Waals surface area contributed by atoms with Crippen molar-refractivity contribution in [3.05, 3.63) is 40.7 Å². The number of ketones is 1. The van der Waals surface area contributed by atoms with Crippen LogP contribution in [-0.4, -0.2) is 43.2 Å². The van der Waals surface area contributed by atoms with Gasteiger partial charge in [-0.1, -0.05) is 6.07 Å². The predicted molar refractivity (Wildman–Crippen MR) is 102 cm³/mol. The number of aromatic nitrogens is 1. The molecule has 7 nitrogen and oxygen atoms in total. The Morgan fingerprint density at radius 3 is 2.85 bits per heavy atom. The molecule has 7 heteroatoms. The monoisotopic (exact) mass is 367 g/mol. The van der Waals surface area contributed by atoms with Gasteiger partial charge in [0, 0.05) is 12.2 Å². The highest BCUT2D eigenvalue weighted by molar-refractivity contribution is 6.34. The number of nitrogens with one attached hydrogen (secondary N) is 2. The van der Waals surface area contributed by atoms with Crippen LogP contribution in [0, 0.1) is 19.3 Å². The van der Waals surface area contributed by atoms with Gasteiger partial charge in [0.25, 0.3) is 0 Å². The first-order chi connectivity index (χ1) is 13.0. The number of methoxy groups -OCH3 is 1. The fraction of sp³-hybridized carbons (Fsp3) is 0.300. The highest BCUT2D eigenvalue weighted by Crippen LogP contribution is 2.37. The Labute approximate surface area is 157 Å². The minimum absolute atomic E-state index is 0.0472. The second kappa shape index (κ2) is 7.57. The summed E-state index contributed by atoms with van der Waals surface area (Å²) in [7, 11) is 1.34. The molecule has 140 valence electrons. The van der Waals surface area contributed by atoms with E-state index in [-0.39, 0.29) is 18.1 Å². The number of hydrogen-bond donors (Lipinski definition) is 2. The van der Waals surface area contributed by atoms with Gasteiger partial charge in [0.1, 0.15) is 18.1 Å². The van der Waals surface area contributed by atoms with Gasteiger partial charge in [0.15, 0.2) is 0 Å². The summed E-state index contributed by atoms with van der Waals surface area (Å²) >= 11 is 0. The summed E-state index contributed by atoms with van der Waals surface area (Å²) in [5.74, 6) is -0.0919. The summed E-state index contributed by atoms with van der Waals surface area (Å²) in [6, 6.07) is 5.70. The van der Waals surface area contributed by atoms with Crippen LogP contribution in [0.2, 0.25) is 0 Å². The number of rotatable bonds is 5. The molecule has 0 spiro atoms. The summed E-state index contributed by atoms with van der Waals surface area (Å²) in [5, 5.41) is 10.6. The molecule has 1 aromatic carbocycles. The van der Waals surface area contributed by atoms with Gasteiger partial charge in [-0.2, -0.15) is 0 Å². The molecule has 2 aromatic rings. The molecular formula is C20H21N3O4. The third-order valence-electron chi connectivity index (χ3n) is 4.60. The van der Waals surface area contributed by atoms with Crippen LogP contribution in [0.3, 0.4) is 0 Å². The fourth-order valence-corrected chi connectivity index (χ4v) is 3.27. The van der Waals surface area contributed by atoms with Crippen molar-refractivity contribution in [3.63, 3.8) is 0 Å². The Bertz CT molecular complexity index is 937. The van der Waals surface area contributed by atoms with Crippen LogP contribution < -0.4 is 10.1 Å². The number of benzene rings is 1. The molecule has 0 saturated heterocycles. The maximum Gasteiger partial charge on any atom is 0.310 e. The van der Waals surface area contributed by atoms with Crippen LogP contribution in [0.1, 0.15) is 27.3 Å². The number of Topliss-reactive ketones (excluding diaryl/α,β-unsaturated/α-hetero) is 1. The number of carbonyl (C=O) groups excluding carboxylic acids is 2. The number of fused-ring (bicyclic) bond motifs is 1. The van der Waals surface area contributed by atoms with Crippen molar-refractivity contribution in [2.75, 3.05) is 25.6 Å². The smallest absolute Gasteiger partial charge is 0.310 e. The molecule has 1 aromatic heterocycles. The minimum Gasteiger partial charge on any atom is -0.490 e. The number of nitrogens with zero attached hydrogens (tertiary/aromatic N) is 1. The van der Waals surface area contributed by atoms with E-state index in [1.807, 2.05) is 18.2 Å². The first-order valence-electron chi connectivity index (χ1n) is 8.59. The van der Waals surface area contributed by atoms with E-state index in [0.717, 1.165) is 28.8 Å². The lowest BCUT2D eigenvalue weighted by atomic mass is 9.90. The summed E-state index contributed by atoms with van der Waals surface area (Å²) in [4.78, 5) is 28.5. The van der Waals surface area contributed by atoms with Gasteiger partial charge < -0.3 is 20.2 Å². The quantitative estimate of drug-likeness (QED) is 0.479. The van der Waals surface area contributed by atoms with Gasteiger partial charge in [-0.25, -0.2) is 4.98 Å². The van der Waals surface area contributed by atoms with E-state index in [0.29, 0.717) is 30.0 Å². The van der Waals surface area contributed by atoms with Crippen LogP contribution in [0.4, 0.5) is 5.69 Å². The van der Waals surface area contributed by atoms with E-state index >= 15 is 0 Å². The van der Waals surface area contributed by atoms with Crippen LogP contribution in [0.15, 0.2) is 18.2 Å². The Morgan fingerprint density at radius 2 is 2.15 bits per heavy atom. The molecule has 27 heavy (non-hydrogen) atoms. The third kappa shape index (κ3) is 3.53. The molecule has 0 fully saturated rings. The zero-order valence-corrected chi connectivity index (χ0v) is 15.5. The second-order valence-corrected chi connectivity index (χ2v) is 6.27. The van der Waals surface area contributed by atoms with E-state index in [4.69, 9.17) is 14.9 Å². The lowest BCUT2D eigenvalue weighted by Crippen LogP contribution is -2.18. The van der Waals surface area contributed by atoms with Crippen LogP contribution in [0.25, 0.3) is 11.1 Å². The zero-order chi connectivity index (χ0) is 19.6. The molecule has 0 saturated carbocycles. The molecule has 3 rings (SSSR count). The third-order valence-corrected chi connectivity index (χ3v) is 4.60. The Kier molecular flexibility index (Phi) is 5.21. The standard InChI is InChI=1S/C20H21N3O4/c1-11-19(13-4-5-17-15(8-13)22-6-7-27-17)14(9-18(25)26-3)12(2)23-20(11)16(24)10-21/h4-5,8,10,21-22H,6-7,9H2,1-3H3. The summed E-state index contributed by atoms with van der Waals surface area (Å²) < 4.78 is 10.5. The van der Waals surface area contributed by atoms with Crippen molar-refractivity contribution < 1.29 is 19.1 Å². The summed E-state index contributed by atoms with van der Waals surface area (Å²) in [5.41, 5.74) is 4.57. The SMILES string of the molecule is COC(=O)Cc1c(C)nc(C(=O)C=N)c(C)c1-c1ccc2c(c1)NCCO2. The number of esters is 1. The zero-order valence-electron chi connectivity index (χ0n) is 15.5. The lowest BCUT2D eigenvalue weighted by molar-refractivity contribution is -0.139. The van der Waals surface area contributed by atoms with E-state index in [1.165, 1.54) is 7.11 Å². The Balaban J connectivity index is 2.24. The number of aryl methyl sites for hydroxylation is 1. The average Bonchev–Trinajstić information content (AvgIpc) is 2.69. The van der Waals surface area contributed by atoms with Gasteiger partial charge in [0.05, 0.1) is 25.4 Å². The van der Waals surface area contributed by atoms with Crippen LogP contribution >= 0.6 is 0 Å². The largest absolute Gasteiger partial charge is 0.490 e. The van der Waals surface area contributed by atoms with Gasteiger partial charge in [-0.15, -0.1) is 0 Å². The molecule has 2 heterocycles. The first kappa shape index (κ1) is 18.6. The molecule has 0 unspecified atom stereocenters. The van der Waals surface area contributed by atoms with Crippen molar-refractivity contribution >= 4 is 23.7 Å². The molecule has 0 radical (unpaired) electrons. The number of ether oxygens (including phenoxy) is 2. The minimum atomic E-state index is -0.471. The molecule has 1 aliphatic heterocycles. The number of anilines is 1. The van der Waals surface area contributed by atoms with Crippen LogP contribution in [-0.2, 0) is 16.0 Å². The molecule has 1 aliphatic rings. The van der Waals surface area contributed by atoms with Gasteiger partial charge in [-0.05, 0) is 48.2 Å². The van der Waals surface area contributed by atoms with E-state index in [2.05, 4.69) is 10.3 Å². The maximum absolute atomic E-state index is 12.2. The van der Waals surface area contributed by atoms with Gasteiger partial charge >= 0.3 is 5.97 Å². The summed E-state index contributed by atoms with van der Waals surface area (Å²) in [6.07, 6.45) is 0.798. The van der Waals surface area contributed by atoms with E-state index in [9.17, 15) is 9.59 Å². The molecule has 0 aliphatic carbocycles. The molecule has 0 bridgehead atoms. The van der Waals surface area contributed by atoms with Crippen molar-refractivity contribution in [2.24, 2.45) is 0 Å². The van der Waals surface area contributed by atoms with Crippen molar-refractivity contribution in [1.29, 1.82) is 5.41 Å².